The molecule has 0 bridgehead atoms. The van der Waals surface area contributed by atoms with Crippen molar-refractivity contribution in [2.24, 2.45) is 28.6 Å². The minimum atomic E-state index is -1.24. The minimum absolute atomic E-state index is 0.0167. The maximum atomic E-state index is 13.2. The van der Waals surface area contributed by atoms with Crippen molar-refractivity contribution >= 4 is 11.6 Å². The number of rotatable bonds is 2. The van der Waals surface area contributed by atoms with Gasteiger partial charge in [0.05, 0.1) is 12.2 Å². The zero-order chi connectivity index (χ0) is 21.7. The summed E-state index contributed by atoms with van der Waals surface area (Å²) in [7, 11) is 0. The Balaban J connectivity index is 1.59. The van der Waals surface area contributed by atoms with Crippen molar-refractivity contribution in [3.05, 3.63) is 23.8 Å². The standard InChI is InChI=1S/C24H32O6/c1-21(2)29-19-10-16-15-6-5-13-9-14(26)7-8-22(13,3)20(15)17(27)11-23(16,4)24(19,30-21)18(28)12-25/h7-9,15-17,19-20,25,27H,5-6,10-12H2,1-4H3/t15-,16-,17?,19+,20+,22+,23+,24-/m1/s1. The molecule has 0 radical (unpaired) electrons. The molecule has 30 heavy (non-hydrogen) atoms. The van der Waals surface area contributed by atoms with E-state index in [1.807, 2.05) is 13.0 Å². The highest BCUT2D eigenvalue weighted by Crippen LogP contribution is 2.70. The van der Waals surface area contributed by atoms with E-state index in [1.54, 1.807) is 26.0 Å². The average molecular weight is 417 g/mol. The summed E-state index contributed by atoms with van der Waals surface area (Å²) in [4.78, 5) is 25.1. The van der Waals surface area contributed by atoms with Gasteiger partial charge in [-0.1, -0.05) is 25.5 Å². The topological polar surface area (TPSA) is 93.1 Å². The van der Waals surface area contributed by atoms with Crippen LogP contribution in [0.15, 0.2) is 23.8 Å². The zero-order valence-corrected chi connectivity index (χ0v) is 18.2. The Bertz CT molecular complexity index is 873. The van der Waals surface area contributed by atoms with Gasteiger partial charge in [0.1, 0.15) is 6.61 Å². The molecule has 1 unspecified atom stereocenters. The van der Waals surface area contributed by atoms with Gasteiger partial charge in [-0.25, -0.2) is 0 Å². The van der Waals surface area contributed by atoms with Crippen LogP contribution in [0.3, 0.4) is 0 Å². The van der Waals surface area contributed by atoms with Gasteiger partial charge in [-0.15, -0.1) is 0 Å². The first-order chi connectivity index (χ1) is 14.0. The second kappa shape index (κ2) is 6.12. The first kappa shape index (κ1) is 20.6. The number of ketones is 2. The zero-order valence-electron chi connectivity index (χ0n) is 18.2. The van der Waals surface area contributed by atoms with Gasteiger partial charge in [0.15, 0.2) is 23.0 Å². The van der Waals surface area contributed by atoms with E-state index in [0.717, 1.165) is 18.4 Å². The number of carbonyl (C=O) groups is 2. The molecule has 8 atom stereocenters. The molecule has 0 amide bonds. The molecular weight excluding hydrogens is 384 g/mol. The fraction of sp³-hybridized carbons (Fsp3) is 0.750. The number of Topliss-reactive ketones (excluding diaryl/α,β-unsaturated/α-hetero) is 1. The summed E-state index contributed by atoms with van der Waals surface area (Å²) < 4.78 is 12.6. The number of hydrogen-bond donors (Lipinski definition) is 2. The normalized spacial score (nSPS) is 50.9. The molecule has 1 aliphatic heterocycles. The van der Waals surface area contributed by atoms with Crippen LogP contribution in [0.2, 0.25) is 0 Å². The Kier molecular flexibility index (Phi) is 4.20. The molecule has 4 aliphatic carbocycles. The molecule has 6 nitrogen and oxygen atoms in total. The Hall–Kier alpha value is -1.34. The van der Waals surface area contributed by atoms with Crippen molar-refractivity contribution < 1.29 is 29.3 Å². The molecule has 0 aromatic heterocycles. The van der Waals surface area contributed by atoms with Crippen molar-refractivity contribution in [3.63, 3.8) is 0 Å². The summed E-state index contributed by atoms with van der Waals surface area (Å²) >= 11 is 0. The molecular formula is C24H32O6. The smallest absolute Gasteiger partial charge is 0.193 e. The lowest BCUT2D eigenvalue weighted by Crippen LogP contribution is -2.63. The molecule has 4 fully saturated rings. The monoisotopic (exact) mass is 416 g/mol. The van der Waals surface area contributed by atoms with Gasteiger partial charge in [0, 0.05) is 16.7 Å². The number of carbonyl (C=O) groups excluding carboxylic acids is 2. The summed E-state index contributed by atoms with van der Waals surface area (Å²) in [6, 6.07) is 0. The highest BCUT2D eigenvalue weighted by Gasteiger charge is 2.76. The number of allylic oxidation sites excluding steroid dienone is 4. The highest BCUT2D eigenvalue weighted by molar-refractivity contribution is 6.01. The van der Waals surface area contributed by atoms with Crippen LogP contribution in [0.5, 0.6) is 0 Å². The summed E-state index contributed by atoms with van der Waals surface area (Å²) in [6.07, 6.45) is 7.04. The highest BCUT2D eigenvalue weighted by atomic mass is 16.8. The van der Waals surface area contributed by atoms with E-state index < -0.39 is 35.6 Å². The summed E-state index contributed by atoms with van der Waals surface area (Å²) in [5.74, 6) is -0.947. The maximum absolute atomic E-state index is 13.2. The molecule has 6 heteroatoms. The number of ether oxygens (including phenoxy) is 2. The average Bonchev–Trinajstić information content (AvgIpc) is 3.07. The second-order valence-corrected chi connectivity index (χ2v) is 10.9. The lowest BCUT2D eigenvalue weighted by atomic mass is 9.46. The van der Waals surface area contributed by atoms with Crippen LogP contribution in [0.1, 0.15) is 53.4 Å². The van der Waals surface area contributed by atoms with Gasteiger partial charge in [-0.3, -0.25) is 9.59 Å². The molecule has 164 valence electrons. The van der Waals surface area contributed by atoms with E-state index in [1.165, 1.54) is 0 Å². The predicted octanol–water partition coefficient (Wildman–Crippen LogP) is 2.33. The molecule has 0 aromatic carbocycles. The molecule has 5 rings (SSSR count). The Morgan fingerprint density at radius 1 is 1.27 bits per heavy atom. The van der Waals surface area contributed by atoms with Gasteiger partial charge in [0.25, 0.3) is 0 Å². The lowest BCUT2D eigenvalue weighted by Gasteiger charge is -2.59. The number of hydrogen-bond acceptors (Lipinski definition) is 6. The van der Waals surface area contributed by atoms with Crippen LogP contribution in [0.4, 0.5) is 0 Å². The van der Waals surface area contributed by atoms with E-state index in [4.69, 9.17) is 9.47 Å². The Labute approximate surface area is 177 Å². The maximum Gasteiger partial charge on any atom is 0.193 e. The fourth-order valence-electron chi connectivity index (χ4n) is 8.04. The first-order valence-electron chi connectivity index (χ1n) is 11.1. The van der Waals surface area contributed by atoms with Crippen LogP contribution in [-0.2, 0) is 19.1 Å². The second-order valence-electron chi connectivity index (χ2n) is 10.9. The summed E-state index contributed by atoms with van der Waals surface area (Å²) in [6.45, 7) is 7.19. The van der Waals surface area contributed by atoms with Crippen LogP contribution in [0, 0.1) is 28.6 Å². The van der Waals surface area contributed by atoms with E-state index in [9.17, 15) is 19.8 Å². The molecule has 0 aromatic rings. The van der Waals surface area contributed by atoms with E-state index in [-0.39, 0.29) is 34.7 Å². The third kappa shape index (κ3) is 2.34. The van der Waals surface area contributed by atoms with Gasteiger partial charge < -0.3 is 19.7 Å². The van der Waals surface area contributed by atoms with Crippen LogP contribution >= 0.6 is 0 Å². The molecule has 3 saturated carbocycles. The van der Waals surface area contributed by atoms with E-state index >= 15 is 0 Å². The number of aliphatic hydroxyl groups excluding tert-OH is 2. The summed E-state index contributed by atoms with van der Waals surface area (Å²) in [5.41, 5.74) is -1.12. The quantitative estimate of drug-likeness (QED) is 0.718. The molecule has 0 spiro atoms. The van der Waals surface area contributed by atoms with Crippen molar-refractivity contribution in [2.45, 2.75) is 77.0 Å². The van der Waals surface area contributed by atoms with E-state index in [2.05, 4.69) is 6.92 Å². The predicted molar refractivity (Wildman–Crippen MR) is 108 cm³/mol. The van der Waals surface area contributed by atoms with Crippen LogP contribution in [-0.4, -0.2) is 52.0 Å². The van der Waals surface area contributed by atoms with Crippen molar-refractivity contribution in [3.8, 4) is 0 Å². The number of fused-ring (bicyclic) bond motifs is 7. The van der Waals surface area contributed by atoms with Gasteiger partial charge in [0.2, 0.25) is 0 Å². The van der Waals surface area contributed by atoms with E-state index in [0.29, 0.717) is 12.8 Å². The van der Waals surface area contributed by atoms with Gasteiger partial charge in [-0.2, -0.15) is 0 Å². The number of aliphatic hydroxyl groups is 2. The molecule has 5 aliphatic rings. The SMILES string of the molecule is CC1(C)O[C@H]2C[C@@H]3[C@H]4CCC5=CC(=O)C=C[C@]5(C)[C@@H]4C(O)C[C@]3(C)[C@]2(C(=O)CO)O1. The Morgan fingerprint density at radius 3 is 2.70 bits per heavy atom. The third-order valence-electron chi connectivity index (χ3n) is 9.05. The minimum Gasteiger partial charge on any atom is -0.393 e. The fourth-order valence-corrected chi connectivity index (χ4v) is 8.04. The van der Waals surface area contributed by atoms with Crippen LogP contribution in [0.25, 0.3) is 0 Å². The Morgan fingerprint density at radius 2 is 2.00 bits per heavy atom. The van der Waals surface area contributed by atoms with Gasteiger partial charge in [-0.05, 0) is 63.5 Å². The molecule has 2 N–H and O–H groups in total. The van der Waals surface area contributed by atoms with Gasteiger partial charge >= 0.3 is 0 Å². The van der Waals surface area contributed by atoms with Crippen molar-refractivity contribution in [1.29, 1.82) is 0 Å². The van der Waals surface area contributed by atoms with Crippen LogP contribution < -0.4 is 0 Å². The van der Waals surface area contributed by atoms with Crippen molar-refractivity contribution in [2.75, 3.05) is 6.61 Å². The summed E-state index contributed by atoms with van der Waals surface area (Å²) in [5, 5.41) is 21.3. The lowest BCUT2D eigenvalue weighted by molar-refractivity contribution is -0.225. The largest absolute Gasteiger partial charge is 0.393 e. The first-order valence-corrected chi connectivity index (χ1v) is 11.1. The third-order valence-corrected chi connectivity index (χ3v) is 9.05. The molecule has 1 heterocycles. The molecule has 1 saturated heterocycles. The van der Waals surface area contributed by atoms with Crippen molar-refractivity contribution in [1.82, 2.24) is 0 Å².